The van der Waals surface area contributed by atoms with Crippen LogP contribution in [0.25, 0.3) is 21.9 Å². The maximum absolute atomic E-state index is 13.0. The fraction of sp³-hybridized carbons (Fsp3) is 0.429. The number of nitrogens with zero attached hydrogens (tertiary/aromatic N) is 6. The summed E-state index contributed by atoms with van der Waals surface area (Å²) in [5, 5.41) is 5.58. The van der Waals surface area contributed by atoms with Gasteiger partial charge in [0.1, 0.15) is 22.9 Å². The number of fused-ring (bicyclic) bond motifs is 2. The van der Waals surface area contributed by atoms with Crippen LogP contribution in [0.15, 0.2) is 30.5 Å². The topological polar surface area (TPSA) is 113 Å². The fourth-order valence-corrected chi connectivity index (χ4v) is 4.97. The molecular weight excluding hydrogens is 482 g/mol. The third-order valence-electron chi connectivity index (χ3n) is 6.80. The van der Waals surface area contributed by atoms with Crippen LogP contribution in [0.5, 0.6) is 0 Å². The highest BCUT2D eigenvalue weighted by Crippen LogP contribution is 2.33. The molecule has 38 heavy (non-hydrogen) atoms. The summed E-state index contributed by atoms with van der Waals surface area (Å²) in [6.45, 7) is 8.39. The number of rotatable bonds is 3. The molecule has 0 aliphatic carbocycles. The molecule has 2 N–H and O–H groups in total. The van der Waals surface area contributed by atoms with Gasteiger partial charge in [-0.15, -0.1) is 0 Å². The minimum Gasteiger partial charge on any atom is -0.444 e. The molecule has 10 heteroatoms. The van der Waals surface area contributed by atoms with Gasteiger partial charge in [-0.3, -0.25) is 4.68 Å². The van der Waals surface area contributed by atoms with Crippen LogP contribution in [0.2, 0.25) is 0 Å². The average Bonchev–Trinajstić information content (AvgIpc) is 3.51. The Morgan fingerprint density at radius 1 is 1.21 bits per heavy atom. The minimum atomic E-state index is -0.592. The van der Waals surface area contributed by atoms with Gasteiger partial charge >= 0.3 is 6.09 Å². The Balaban J connectivity index is 1.51. The largest absolute Gasteiger partial charge is 0.444 e. The molecule has 4 heterocycles. The number of nitrogens with two attached hydrogens (primary N) is 1. The molecule has 1 saturated heterocycles. The first-order chi connectivity index (χ1) is 18.1. The van der Waals surface area contributed by atoms with E-state index in [2.05, 4.69) is 21.8 Å². The molecule has 3 aromatic heterocycles. The SMILES string of the molecule is COC[C@H]1C[C@H](n2nc(C#Cc3ccc4c(c3)nc(C)n4C)c3c(N)nccc32)CN1C(=O)OC(C)(C)C. The van der Waals surface area contributed by atoms with Crippen LogP contribution in [-0.4, -0.2) is 67.2 Å². The Morgan fingerprint density at radius 3 is 2.74 bits per heavy atom. The first kappa shape index (κ1) is 25.5. The highest BCUT2D eigenvalue weighted by atomic mass is 16.6. The van der Waals surface area contributed by atoms with Gasteiger partial charge in [0.05, 0.1) is 40.6 Å². The van der Waals surface area contributed by atoms with Gasteiger partial charge in [-0.25, -0.2) is 14.8 Å². The third kappa shape index (κ3) is 4.77. The number of nitrogen functional groups attached to an aromatic ring is 1. The van der Waals surface area contributed by atoms with Gasteiger partial charge in [0.15, 0.2) is 0 Å². The second kappa shape index (κ2) is 9.65. The van der Waals surface area contributed by atoms with E-state index in [9.17, 15) is 4.79 Å². The Labute approximate surface area is 221 Å². The Bertz CT molecular complexity index is 1590. The highest BCUT2D eigenvalue weighted by molar-refractivity contribution is 5.93. The summed E-state index contributed by atoms with van der Waals surface area (Å²) >= 11 is 0. The van der Waals surface area contributed by atoms with E-state index in [1.165, 1.54) is 0 Å². The van der Waals surface area contributed by atoms with Crippen LogP contribution in [0.3, 0.4) is 0 Å². The van der Waals surface area contributed by atoms with Crippen molar-refractivity contribution in [2.45, 2.75) is 51.8 Å². The normalized spacial score (nSPS) is 17.7. The smallest absolute Gasteiger partial charge is 0.410 e. The molecular formula is C28H33N7O3. The molecule has 0 unspecified atom stereocenters. The van der Waals surface area contributed by atoms with E-state index in [4.69, 9.17) is 20.3 Å². The number of anilines is 1. The Morgan fingerprint density at radius 2 is 2.00 bits per heavy atom. The standard InChI is InChI=1S/C28H33N7O3/c1-17-31-22-13-18(8-10-23(22)33(17)5)7-9-21-25-24(11-12-30-26(25)29)35(32-21)19-14-20(16-37-6)34(15-19)27(36)38-28(2,3)4/h8,10-13,19-20H,14-16H2,1-6H3,(H2,29,30)/t19-,20+/m0/s1. The summed E-state index contributed by atoms with van der Waals surface area (Å²) in [4.78, 5) is 23.6. The highest BCUT2D eigenvalue weighted by Gasteiger charge is 2.39. The fourth-order valence-electron chi connectivity index (χ4n) is 4.97. The van der Waals surface area contributed by atoms with E-state index in [1.807, 2.05) is 68.3 Å². The molecule has 1 aliphatic heterocycles. The number of imidazole rings is 1. The first-order valence-corrected chi connectivity index (χ1v) is 12.6. The van der Waals surface area contributed by atoms with Gasteiger partial charge in [0.2, 0.25) is 0 Å². The van der Waals surface area contributed by atoms with E-state index in [0.29, 0.717) is 36.5 Å². The maximum Gasteiger partial charge on any atom is 0.410 e. The third-order valence-corrected chi connectivity index (χ3v) is 6.80. The monoisotopic (exact) mass is 515 g/mol. The van der Waals surface area contributed by atoms with Gasteiger partial charge in [0, 0.05) is 32.5 Å². The van der Waals surface area contributed by atoms with E-state index in [0.717, 1.165) is 27.9 Å². The molecule has 10 nitrogen and oxygen atoms in total. The molecule has 1 aliphatic rings. The number of methoxy groups -OCH3 is 1. The number of carbonyl (C=O) groups excluding carboxylic acids is 1. The van der Waals surface area contributed by atoms with Gasteiger partial charge in [-0.1, -0.05) is 5.92 Å². The number of hydrogen-bond donors (Lipinski definition) is 1. The lowest BCUT2D eigenvalue weighted by Gasteiger charge is -2.28. The zero-order valence-electron chi connectivity index (χ0n) is 22.6. The predicted molar refractivity (Wildman–Crippen MR) is 146 cm³/mol. The summed E-state index contributed by atoms with van der Waals surface area (Å²) in [5.74, 6) is 7.74. The summed E-state index contributed by atoms with van der Waals surface area (Å²) in [6, 6.07) is 7.61. The lowest BCUT2D eigenvalue weighted by atomic mass is 10.1. The van der Waals surface area contributed by atoms with Crippen molar-refractivity contribution in [3.8, 4) is 11.8 Å². The summed E-state index contributed by atoms with van der Waals surface area (Å²) in [7, 11) is 3.63. The van der Waals surface area contributed by atoms with Gasteiger partial charge in [-0.2, -0.15) is 5.10 Å². The van der Waals surface area contributed by atoms with Crippen molar-refractivity contribution in [2.75, 3.05) is 26.0 Å². The number of benzene rings is 1. The van der Waals surface area contributed by atoms with Crippen molar-refractivity contribution in [3.63, 3.8) is 0 Å². The summed E-state index contributed by atoms with van der Waals surface area (Å²) in [6.07, 6.45) is 1.96. The first-order valence-electron chi connectivity index (χ1n) is 12.6. The van der Waals surface area contributed by atoms with Gasteiger partial charge in [0.25, 0.3) is 0 Å². The number of carbonyl (C=O) groups is 1. The van der Waals surface area contributed by atoms with Crippen molar-refractivity contribution in [3.05, 3.63) is 47.5 Å². The van der Waals surface area contributed by atoms with E-state index in [-0.39, 0.29) is 18.2 Å². The average molecular weight is 516 g/mol. The maximum atomic E-state index is 13.0. The lowest BCUT2D eigenvalue weighted by Crippen LogP contribution is -2.41. The lowest BCUT2D eigenvalue weighted by molar-refractivity contribution is 0.0145. The number of aromatic nitrogens is 5. The van der Waals surface area contributed by atoms with E-state index in [1.54, 1.807) is 18.2 Å². The Hall–Kier alpha value is -4.10. The number of amides is 1. The molecule has 1 aromatic carbocycles. The number of hydrogen-bond acceptors (Lipinski definition) is 7. The number of pyridine rings is 1. The van der Waals surface area contributed by atoms with Crippen molar-refractivity contribution < 1.29 is 14.3 Å². The zero-order chi connectivity index (χ0) is 27.2. The molecule has 1 fully saturated rings. The van der Waals surface area contributed by atoms with Crippen LogP contribution in [0.4, 0.5) is 10.6 Å². The second-order valence-electron chi connectivity index (χ2n) is 10.7. The van der Waals surface area contributed by atoms with Crippen LogP contribution in [-0.2, 0) is 16.5 Å². The van der Waals surface area contributed by atoms with Crippen LogP contribution in [0, 0.1) is 18.8 Å². The predicted octanol–water partition coefficient (Wildman–Crippen LogP) is 3.81. The van der Waals surface area contributed by atoms with E-state index >= 15 is 0 Å². The second-order valence-corrected chi connectivity index (χ2v) is 10.7. The van der Waals surface area contributed by atoms with Gasteiger partial charge < -0.3 is 24.7 Å². The molecule has 5 rings (SSSR count). The molecule has 0 radical (unpaired) electrons. The molecule has 0 saturated carbocycles. The summed E-state index contributed by atoms with van der Waals surface area (Å²) in [5.41, 5.74) is 9.86. The molecule has 198 valence electrons. The van der Waals surface area contributed by atoms with Crippen molar-refractivity contribution in [1.82, 2.24) is 29.2 Å². The summed E-state index contributed by atoms with van der Waals surface area (Å²) < 4.78 is 15.0. The Kier molecular flexibility index (Phi) is 6.49. The molecule has 2 atom stereocenters. The number of likely N-dealkylation sites (tertiary alicyclic amines) is 1. The van der Waals surface area contributed by atoms with E-state index < -0.39 is 5.60 Å². The van der Waals surface area contributed by atoms with Crippen LogP contribution in [0.1, 0.15) is 50.3 Å². The van der Waals surface area contributed by atoms with Crippen molar-refractivity contribution in [2.24, 2.45) is 7.05 Å². The van der Waals surface area contributed by atoms with Crippen LogP contribution < -0.4 is 5.73 Å². The number of ether oxygens (including phenoxy) is 2. The molecule has 0 spiro atoms. The van der Waals surface area contributed by atoms with Crippen molar-refractivity contribution >= 4 is 33.8 Å². The molecule has 4 aromatic rings. The van der Waals surface area contributed by atoms with Crippen molar-refractivity contribution in [1.29, 1.82) is 0 Å². The quantitative estimate of drug-likeness (QED) is 0.413. The molecule has 0 bridgehead atoms. The molecule has 1 amide bonds. The van der Waals surface area contributed by atoms with Gasteiger partial charge in [-0.05, 0) is 64.3 Å². The van der Waals surface area contributed by atoms with Crippen LogP contribution >= 0.6 is 0 Å². The number of aryl methyl sites for hydroxylation is 2. The zero-order valence-corrected chi connectivity index (χ0v) is 22.6. The minimum absolute atomic E-state index is 0.102.